The van der Waals surface area contributed by atoms with E-state index in [1.54, 1.807) is 23.1 Å². The van der Waals surface area contributed by atoms with E-state index in [1.807, 2.05) is 0 Å². The van der Waals surface area contributed by atoms with E-state index in [-0.39, 0.29) is 12.0 Å². The Bertz CT molecular complexity index is 425. The molecule has 1 aromatic rings. The minimum Gasteiger partial charge on any atom is -0.376 e. The zero-order chi connectivity index (χ0) is 13.0. The van der Waals surface area contributed by atoms with Gasteiger partial charge in [0.2, 0.25) is 0 Å². The van der Waals surface area contributed by atoms with E-state index in [4.69, 9.17) is 16.3 Å². The van der Waals surface area contributed by atoms with Gasteiger partial charge in [-0.3, -0.25) is 4.79 Å². The van der Waals surface area contributed by atoms with Crippen LogP contribution in [0.15, 0.2) is 18.2 Å². The first-order valence-electron chi connectivity index (χ1n) is 6.24. The van der Waals surface area contributed by atoms with Crippen molar-refractivity contribution in [2.75, 3.05) is 19.7 Å². The molecule has 1 aliphatic heterocycles. The summed E-state index contributed by atoms with van der Waals surface area (Å²) >= 11 is 5.81. The van der Waals surface area contributed by atoms with Crippen LogP contribution in [0.25, 0.3) is 0 Å². The van der Waals surface area contributed by atoms with Crippen LogP contribution in [0.4, 0.5) is 0 Å². The molecule has 0 N–H and O–H groups in total. The van der Waals surface area contributed by atoms with Crippen molar-refractivity contribution in [3.05, 3.63) is 29.0 Å². The molecule has 98 valence electrons. The Morgan fingerprint density at radius 3 is 3.17 bits per heavy atom. The molecular formula is C13H17ClN2O2. The molecule has 1 aliphatic rings. The van der Waals surface area contributed by atoms with Gasteiger partial charge in [0.25, 0.3) is 5.91 Å². The third-order valence-electron chi connectivity index (χ3n) is 3.03. The normalized spacial score (nSPS) is 20.6. The van der Waals surface area contributed by atoms with Gasteiger partial charge in [0.15, 0.2) is 0 Å². The number of amides is 1. The molecule has 0 aromatic carbocycles. The van der Waals surface area contributed by atoms with Crippen molar-refractivity contribution in [3.8, 4) is 0 Å². The SMILES string of the molecule is CCC1CN(C(=O)c2cccc(Cl)n2)CCCO1. The molecule has 0 saturated carbocycles. The van der Waals surface area contributed by atoms with Gasteiger partial charge in [-0.25, -0.2) is 4.98 Å². The second kappa shape index (κ2) is 6.16. The maximum Gasteiger partial charge on any atom is 0.272 e. The van der Waals surface area contributed by atoms with Gasteiger partial charge in [0.05, 0.1) is 6.10 Å². The molecule has 1 saturated heterocycles. The largest absolute Gasteiger partial charge is 0.376 e. The van der Waals surface area contributed by atoms with Gasteiger partial charge in [-0.15, -0.1) is 0 Å². The summed E-state index contributed by atoms with van der Waals surface area (Å²) in [4.78, 5) is 18.2. The average Bonchev–Trinajstić information content (AvgIpc) is 2.63. The second-order valence-electron chi connectivity index (χ2n) is 4.35. The van der Waals surface area contributed by atoms with E-state index < -0.39 is 0 Å². The first-order chi connectivity index (χ1) is 8.70. The Balaban J connectivity index is 2.12. The van der Waals surface area contributed by atoms with Crippen molar-refractivity contribution < 1.29 is 9.53 Å². The number of hydrogen-bond acceptors (Lipinski definition) is 3. The Labute approximate surface area is 112 Å². The summed E-state index contributed by atoms with van der Waals surface area (Å²) in [6.45, 7) is 4.12. The van der Waals surface area contributed by atoms with Gasteiger partial charge >= 0.3 is 0 Å². The number of ether oxygens (including phenoxy) is 1. The number of hydrogen-bond donors (Lipinski definition) is 0. The van der Waals surface area contributed by atoms with Gasteiger partial charge in [-0.05, 0) is 25.0 Å². The Hall–Kier alpha value is -1.13. The first-order valence-corrected chi connectivity index (χ1v) is 6.62. The maximum absolute atomic E-state index is 12.3. The van der Waals surface area contributed by atoms with Crippen LogP contribution < -0.4 is 0 Å². The van der Waals surface area contributed by atoms with Crippen LogP contribution >= 0.6 is 11.6 Å². The highest BCUT2D eigenvalue weighted by Gasteiger charge is 2.23. The summed E-state index contributed by atoms with van der Waals surface area (Å²) in [5.41, 5.74) is 0.402. The lowest BCUT2D eigenvalue weighted by atomic mass is 10.2. The van der Waals surface area contributed by atoms with Crippen LogP contribution in [-0.4, -0.2) is 41.6 Å². The van der Waals surface area contributed by atoms with Gasteiger partial charge in [0, 0.05) is 19.7 Å². The van der Waals surface area contributed by atoms with Gasteiger partial charge in [-0.2, -0.15) is 0 Å². The third-order valence-corrected chi connectivity index (χ3v) is 3.24. The standard InChI is InChI=1S/C13H17ClN2O2/c1-2-10-9-16(7-4-8-18-10)13(17)11-5-3-6-12(14)15-11/h3,5-6,10H,2,4,7-9H2,1H3. The molecule has 2 heterocycles. The Morgan fingerprint density at radius 1 is 1.61 bits per heavy atom. The van der Waals surface area contributed by atoms with Crippen molar-refractivity contribution in [2.24, 2.45) is 0 Å². The van der Waals surface area contributed by atoms with Crippen LogP contribution in [0.5, 0.6) is 0 Å². The summed E-state index contributed by atoms with van der Waals surface area (Å²) in [6.07, 6.45) is 1.89. The van der Waals surface area contributed by atoms with Crippen molar-refractivity contribution >= 4 is 17.5 Å². The van der Waals surface area contributed by atoms with Crippen molar-refractivity contribution in [1.82, 2.24) is 9.88 Å². The smallest absolute Gasteiger partial charge is 0.272 e. The lowest BCUT2D eigenvalue weighted by Crippen LogP contribution is -2.37. The lowest BCUT2D eigenvalue weighted by Gasteiger charge is -2.22. The summed E-state index contributed by atoms with van der Waals surface area (Å²) in [5.74, 6) is -0.0681. The van der Waals surface area contributed by atoms with E-state index in [1.165, 1.54) is 0 Å². The summed E-state index contributed by atoms with van der Waals surface area (Å²) in [5, 5.41) is 0.346. The number of aromatic nitrogens is 1. The Morgan fingerprint density at radius 2 is 2.44 bits per heavy atom. The molecule has 1 fully saturated rings. The summed E-state index contributed by atoms with van der Waals surface area (Å²) < 4.78 is 5.65. The van der Waals surface area contributed by atoms with Crippen LogP contribution in [0.3, 0.4) is 0 Å². The average molecular weight is 269 g/mol. The highest BCUT2D eigenvalue weighted by molar-refractivity contribution is 6.29. The molecule has 1 amide bonds. The number of rotatable bonds is 2. The molecule has 18 heavy (non-hydrogen) atoms. The molecule has 1 unspecified atom stereocenters. The molecule has 5 heteroatoms. The highest BCUT2D eigenvalue weighted by atomic mass is 35.5. The minimum atomic E-state index is -0.0681. The number of pyridine rings is 1. The predicted octanol–water partition coefficient (Wildman–Crippen LogP) is 2.38. The van der Waals surface area contributed by atoms with Gasteiger partial charge in [0.1, 0.15) is 10.8 Å². The molecule has 0 aliphatic carbocycles. The molecule has 2 rings (SSSR count). The third kappa shape index (κ3) is 3.21. The van der Waals surface area contributed by atoms with Crippen LogP contribution in [0.2, 0.25) is 5.15 Å². The summed E-state index contributed by atoms with van der Waals surface area (Å²) in [7, 11) is 0. The fourth-order valence-corrected chi connectivity index (χ4v) is 2.18. The number of carbonyl (C=O) groups is 1. The molecule has 1 aromatic heterocycles. The maximum atomic E-state index is 12.3. The van der Waals surface area contributed by atoms with Gasteiger partial charge < -0.3 is 9.64 Å². The second-order valence-corrected chi connectivity index (χ2v) is 4.74. The topological polar surface area (TPSA) is 42.4 Å². The highest BCUT2D eigenvalue weighted by Crippen LogP contribution is 2.13. The summed E-state index contributed by atoms with van der Waals surface area (Å²) in [6, 6.07) is 5.10. The van der Waals surface area contributed by atoms with Crippen LogP contribution in [0.1, 0.15) is 30.3 Å². The zero-order valence-corrected chi connectivity index (χ0v) is 11.2. The molecular weight excluding hydrogens is 252 g/mol. The van der Waals surface area contributed by atoms with E-state index in [9.17, 15) is 4.79 Å². The zero-order valence-electron chi connectivity index (χ0n) is 10.4. The molecule has 4 nitrogen and oxygen atoms in total. The van der Waals surface area contributed by atoms with Crippen LogP contribution in [-0.2, 0) is 4.74 Å². The quantitative estimate of drug-likeness (QED) is 0.774. The fourth-order valence-electron chi connectivity index (χ4n) is 2.02. The Kier molecular flexibility index (Phi) is 4.55. The minimum absolute atomic E-state index is 0.0681. The first kappa shape index (κ1) is 13.3. The molecule has 0 radical (unpaired) electrons. The fraction of sp³-hybridized carbons (Fsp3) is 0.538. The predicted molar refractivity (Wildman–Crippen MR) is 69.8 cm³/mol. The van der Waals surface area contributed by atoms with Crippen LogP contribution in [0, 0.1) is 0 Å². The van der Waals surface area contributed by atoms with Crippen molar-refractivity contribution in [2.45, 2.75) is 25.9 Å². The lowest BCUT2D eigenvalue weighted by molar-refractivity contribution is 0.0458. The van der Waals surface area contributed by atoms with Gasteiger partial charge in [-0.1, -0.05) is 24.6 Å². The number of nitrogens with zero attached hydrogens (tertiary/aromatic N) is 2. The van der Waals surface area contributed by atoms with E-state index >= 15 is 0 Å². The monoisotopic (exact) mass is 268 g/mol. The molecule has 0 spiro atoms. The number of carbonyl (C=O) groups excluding carboxylic acids is 1. The number of halogens is 1. The van der Waals surface area contributed by atoms with Crippen molar-refractivity contribution in [3.63, 3.8) is 0 Å². The van der Waals surface area contributed by atoms with Crippen molar-refractivity contribution in [1.29, 1.82) is 0 Å². The van der Waals surface area contributed by atoms with E-state index in [2.05, 4.69) is 11.9 Å². The van der Waals surface area contributed by atoms with E-state index in [0.29, 0.717) is 30.5 Å². The molecule has 0 bridgehead atoms. The van der Waals surface area contributed by atoms with E-state index in [0.717, 1.165) is 12.8 Å². The molecule has 1 atom stereocenters.